The van der Waals surface area contributed by atoms with Crippen LogP contribution in [-0.2, 0) is 10.0 Å². The summed E-state index contributed by atoms with van der Waals surface area (Å²) in [5, 5.41) is 7.65. The molecule has 1 rings (SSSR count). The van der Waals surface area contributed by atoms with Gasteiger partial charge in [-0.1, -0.05) is 13.0 Å². The van der Waals surface area contributed by atoms with Crippen LogP contribution in [0.1, 0.15) is 13.3 Å². The molecule has 0 radical (unpaired) electrons. The highest BCUT2D eigenvalue weighted by molar-refractivity contribution is 7.93. The lowest BCUT2D eigenvalue weighted by Crippen LogP contribution is -2.25. The van der Waals surface area contributed by atoms with E-state index in [1.54, 1.807) is 31.2 Å². The molecule has 0 bridgehead atoms. The minimum absolute atomic E-state index is 0.244. The van der Waals surface area contributed by atoms with Gasteiger partial charge in [0.05, 0.1) is 11.8 Å². The minimum Gasteiger partial charge on any atom is -0.399 e. The van der Waals surface area contributed by atoms with E-state index < -0.39 is 15.3 Å². The van der Waals surface area contributed by atoms with Crippen molar-refractivity contribution in [1.82, 2.24) is 0 Å². The maximum absolute atomic E-state index is 11.7. The second kappa shape index (κ2) is 4.86. The fourth-order valence-electron chi connectivity index (χ4n) is 1.22. The summed E-state index contributed by atoms with van der Waals surface area (Å²) in [5.41, 5.74) is 6.35. The summed E-state index contributed by atoms with van der Waals surface area (Å²) in [5.74, 6) is 0. The van der Waals surface area contributed by atoms with Crippen molar-refractivity contribution in [3.63, 3.8) is 0 Å². The number of benzene rings is 1. The molecule has 0 spiro atoms. The Labute approximate surface area is 94.9 Å². The monoisotopic (exact) mass is 239 g/mol. The molecule has 1 aromatic rings. The Kier molecular flexibility index (Phi) is 3.74. The molecule has 0 aliphatic heterocycles. The van der Waals surface area contributed by atoms with Gasteiger partial charge in [-0.25, -0.2) is 8.42 Å². The zero-order chi connectivity index (χ0) is 12.2. The average Bonchev–Trinajstić information content (AvgIpc) is 2.18. The van der Waals surface area contributed by atoms with Gasteiger partial charge in [0.1, 0.15) is 0 Å². The van der Waals surface area contributed by atoms with Gasteiger partial charge in [-0.2, -0.15) is 5.26 Å². The molecule has 1 unspecified atom stereocenters. The van der Waals surface area contributed by atoms with E-state index in [2.05, 4.69) is 4.72 Å². The van der Waals surface area contributed by atoms with E-state index >= 15 is 0 Å². The summed E-state index contributed by atoms with van der Waals surface area (Å²) in [6, 6.07) is 8.12. The highest BCUT2D eigenvalue weighted by atomic mass is 32.2. The molecule has 3 N–H and O–H groups in total. The van der Waals surface area contributed by atoms with Gasteiger partial charge in [0.15, 0.2) is 5.25 Å². The molecule has 16 heavy (non-hydrogen) atoms. The zero-order valence-electron chi connectivity index (χ0n) is 8.84. The van der Waals surface area contributed by atoms with Gasteiger partial charge in [0.25, 0.3) is 0 Å². The third kappa shape index (κ3) is 2.87. The molecule has 6 heteroatoms. The number of sulfonamides is 1. The number of rotatable bonds is 4. The summed E-state index contributed by atoms with van der Waals surface area (Å²) in [6.07, 6.45) is 0.244. The van der Waals surface area contributed by atoms with Crippen LogP contribution >= 0.6 is 0 Å². The predicted octanol–water partition coefficient (Wildman–Crippen LogP) is 1.31. The first kappa shape index (κ1) is 12.3. The standard InChI is InChI=1S/C10H13N3O2S/c1-2-10(7-11)16(14,15)13-9-5-3-4-8(12)6-9/h3-6,10,13H,2,12H2,1H3. The van der Waals surface area contributed by atoms with Gasteiger partial charge < -0.3 is 5.73 Å². The molecule has 86 valence electrons. The minimum atomic E-state index is -3.66. The number of nitrogen functional groups attached to an aromatic ring is 1. The lowest BCUT2D eigenvalue weighted by atomic mass is 10.3. The average molecular weight is 239 g/mol. The lowest BCUT2D eigenvalue weighted by Gasteiger charge is -2.11. The van der Waals surface area contributed by atoms with Crippen molar-refractivity contribution in [1.29, 1.82) is 5.26 Å². The van der Waals surface area contributed by atoms with Gasteiger partial charge in [0.2, 0.25) is 10.0 Å². The molecule has 0 aliphatic carbocycles. The highest BCUT2D eigenvalue weighted by Crippen LogP contribution is 2.16. The summed E-state index contributed by atoms with van der Waals surface area (Å²) in [7, 11) is -3.66. The van der Waals surface area contributed by atoms with Gasteiger partial charge in [-0.05, 0) is 24.6 Å². The molecule has 0 heterocycles. The van der Waals surface area contributed by atoms with Crippen molar-refractivity contribution in [2.75, 3.05) is 10.5 Å². The number of hydrogen-bond donors (Lipinski definition) is 2. The van der Waals surface area contributed by atoms with E-state index in [-0.39, 0.29) is 6.42 Å². The van der Waals surface area contributed by atoms with E-state index in [9.17, 15) is 8.42 Å². The third-order valence-corrected chi connectivity index (χ3v) is 3.74. The second-order valence-corrected chi connectivity index (χ2v) is 5.16. The van der Waals surface area contributed by atoms with Gasteiger partial charge >= 0.3 is 0 Å². The number of nitrogens with zero attached hydrogens (tertiary/aromatic N) is 1. The van der Waals surface area contributed by atoms with E-state index in [1.165, 1.54) is 6.07 Å². The molecule has 5 nitrogen and oxygen atoms in total. The van der Waals surface area contributed by atoms with Crippen molar-refractivity contribution >= 4 is 21.4 Å². The maximum atomic E-state index is 11.7. The van der Waals surface area contributed by atoms with Crippen LogP contribution in [0.4, 0.5) is 11.4 Å². The summed E-state index contributed by atoms with van der Waals surface area (Å²) in [4.78, 5) is 0. The van der Waals surface area contributed by atoms with E-state index in [1.807, 2.05) is 0 Å². The highest BCUT2D eigenvalue weighted by Gasteiger charge is 2.23. The Hall–Kier alpha value is -1.74. The number of hydrogen-bond acceptors (Lipinski definition) is 4. The SMILES string of the molecule is CCC(C#N)S(=O)(=O)Nc1cccc(N)c1. The van der Waals surface area contributed by atoms with Crippen molar-refractivity contribution < 1.29 is 8.42 Å². The molecule has 0 aromatic heterocycles. The van der Waals surface area contributed by atoms with Crippen LogP contribution in [0.25, 0.3) is 0 Å². The van der Waals surface area contributed by atoms with Gasteiger partial charge in [0, 0.05) is 5.69 Å². The van der Waals surface area contributed by atoms with Crippen LogP contribution in [0.3, 0.4) is 0 Å². The topological polar surface area (TPSA) is 96.0 Å². The van der Waals surface area contributed by atoms with Crippen LogP contribution in [0, 0.1) is 11.3 Å². The fourth-order valence-corrected chi connectivity index (χ4v) is 2.39. The maximum Gasteiger partial charge on any atom is 0.249 e. The first-order valence-corrected chi connectivity index (χ1v) is 6.31. The van der Waals surface area contributed by atoms with Crippen molar-refractivity contribution in [2.45, 2.75) is 18.6 Å². The van der Waals surface area contributed by atoms with Crippen LogP contribution in [0.15, 0.2) is 24.3 Å². The quantitative estimate of drug-likeness (QED) is 0.774. The molecular weight excluding hydrogens is 226 g/mol. The summed E-state index contributed by atoms with van der Waals surface area (Å²) >= 11 is 0. The molecule has 1 atom stereocenters. The summed E-state index contributed by atoms with van der Waals surface area (Å²) < 4.78 is 25.7. The van der Waals surface area contributed by atoms with Crippen LogP contribution in [0.5, 0.6) is 0 Å². The molecule has 0 aliphatic rings. The Morgan fingerprint density at radius 2 is 2.25 bits per heavy atom. The first-order chi connectivity index (χ1) is 7.49. The summed E-state index contributed by atoms with van der Waals surface area (Å²) in [6.45, 7) is 1.65. The molecular formula is C10H13N3O2S. The molecule has 0 amide bonds. The molecule has 0 saturated carbocycles. The lowest BCUT2D eigenvalue weighted by molar-refractivity contribution is 0.593. The Bertz CT molecular complexity index is 505. The number of nitrogens with two attached hydrogens (primary N) is 1. The van der Waals surface area contributed by atoms with E-state index in [4.69, 9.17) is 11.0 Å². The Balaban J connectivity index is 2.94. The molecule has 0 saturated heterocycles. The van der Waals surface area contributed by atoms with Crippen molar-refractivity contribution in [2.24, 2.45) is 0 Å². The largest absolute Gasteiger partial charge is 0.399 e. The zero-order valence-corrected chi connectivity index (χ0v) is 9.66. The van der Waals surface area contributed by atoms with Crippen LogP contribution in [-0.4, -0.2) is 13.7 Å². The van der Waals surface area contributed by atoms with Crippen LogP contribution < -0.4 is 10.5 Å². The molecule has 0 fully saturated rings. The van der Waals surface area contributed by atoms with Crippen molar-refractivity contribution in [3.05, 3.63) is 24.3 Å². The van der Waals surface area contributed by atoms with Crippen LogP contribution in [0.2, 0.25) is 0 Å². The normalized spacial score (nSPS) is 12.8. The Morgan fingerprint density at radius 1 is 1.56 bits per heavy atom. The first-order valence-electron chi connectivity index (χ1n) is 4.76. The predicted molar refractivity (Wildman–Crippen MR) is 63.1 cm³/mol. The molecule has 1 aromatic carbocycles. The number of nitriles is 1. The van der Waals surface area contributed by atoms with Gasteiger partial charge in [-0.15, -0.1) is 0 Å². The Morgan fingerprint density at radius 3 is 2.75 bits per heavy atom. The number of nitrogens with one attached hydrogen (secondary N) is 1. The smallest absolute Gasteiger partial charge is 0.249 e. The van der Waals surface area contributed by atoms with E-state index in [0.29, 0.717) is 11.4 Å². The third-order valence-electron chi connectivity index (χ3n) is 2.04. The fraction of sp³-hybridized carbons (Fsp3) is 0.300. The van der Waals surface area contributed by atoms with Gasteiger partial charge in [-0.3, -0.25) is 4.72 Å². The van der Waals surface area contributed by atoms with Crippen molar-refractivity contribution in [3.8, 4) is 6.07 Å². The number of anilines is 2. The second-order valence-electron chi connectivity index (χ2n) is 3.30. The van der Waals surface area contributed by atoms with E-state index in [0.717, 1.165) is 0 Å².